The number of amides is 1. The van der Waals surface area contributed by atoms with Gasteiger partial charge in [-0.25, -0.2) is 0 Å². The summed E-state index contributed by atoms with van der Waals surface area (Å²) in [5.74, 6) is -0.285. The number of allylic oxidation sites excluding steroid dienone is 5. The molecule has 19 nitrogen and oxygen atoms in total. The number of aliphatic hydroxyl groups is 11. The fraction of sp³-hybridized carbons (Fsp3) is 0.900. The molecule has 0 bridgehead atoms. The molecule has 17 unspecified atom stereocenters. The van der Waals surface area contributed by atoms with E-state index in [0.717, 1.165) is 44.9 Å². The number of unbranched alkanes of at least 4 members (excludes halogenated alkanes) is 35. The van der Waals surface area contributed by atoms with Crippen LogP contribution in [0.3, 0.4) is 0 Å². The van der Waals surface area contributed by atoms with E-state index in [-0.39, 0.29) is 18.9 Å². The molecule has 17 atom stereocenters. The molecule has 19 heteroatoms. The Morgan fingerprint density at radius 2 is 0.719 bits per heavy atom. The molecule has 0 saturated carbocycles. The Morgan fingerprint density at radius 1 is 0.393 bits per heavy atom. The summed E-state index contributed by atoms with van der Waals surface area (Å²) in [6.07, 6.45) is 34.1. The molecule has 0 aliphatic carbocycles. The molecule has 3 rings (SSSR count). The summed E-state index contributed by atoms with van der Waals surface area (Å²) in [5, 5.41) is 121. The van der Waals surface area contributed by atoms with Gasteiger partial charge in [-0.1, -0.05) is 256 Å². The van der Waals surface area contributed by atoms with E-state index in [2.05, 4.69) is 43.5 Å². The standard InChI is InChI=1S/C70H129NO18/c1-3-5-7-9-11-13-15-17-19-21-23-25-26-27-28-29-31-33-35-37-39-41-43-45-47-54(75)53(71-58(76)48-46-44-42-40-38-36-34-32-30-24-22-20-18-16-14-12-10-8-6-4-2)52-84-68-64(82)61(79)66(56(50-73)86-68)89-70-65(83)62(80)67(57(51-74)87-70)88-69-63(81)60(78)59(77)55(49-72)85-69/h29,31,37,39,45,47,53-57,59-70,72-75,77-83H,3-28,30,32-36,38,40-44,46,48-52H2,1-2H3,(H,71,76)/b31-29+,39-37+,47-45+. The van der Waals surface area contributed by atoms with Crippen molar-refractivity contribution in [2.24, 2.45) is 0 Å². The van der Waals surface area contributed by atoms with Gasteiger partial charge in [-0.05, 0) is 44.9 Å². The maximum Gasteiger partial charge on any atom is 0.220 e. The minimum absolute atomic E-state index is 0.236. The van der Waals surface area contributed by atoms with Gasteiger partial charge < -0.3 is 89.9 Å². The van der Waals surface area contributed by atoms with Gasteiger partial charge in [0, 0.05) is 6.42 Å². The maximum atomic E-state index is 13.4. The van der Waals surface area contributed by atoms with Crippen LogP contribution in [0.5, 0.6) is 0 Å². The van der Waals surface area contributed by atoms with Crippen molar-refractivity contribution in [2.45, 2.75) is 375 Å². The molecule has 0 spiro atoms. The predicted molar refractivity (Wildman–Crippen MR) is 346 cm³/mol. The lowest BCUT2D eigenvalue weighted by atomic mass is 9.96. The summed E-state index contributed by atoms with van der Waals surface area (Å²) in [7, 11) is 0. The van der Waals surface area contributed by atoms with E-state index in [4.69, 9.17) is 28.4 Å². The molecule has 3 aliphatic heterocycles. The maximum absolute atomic E-state index is 13.4. The highest BCUT2D eigenvalue weighted by molar-refractivity contribution is 5.76. The summed E-state index contributed by atoms with van der Waals surface area (Å²) in [4.78, 5) is 13.4. The van der Waals surface area contributed by atoms with E-state index < -0.39 is 124 Å². The van der Waals surface area contributed by atoms with E-state index in [1.807, 2.05) is 6.08 Å². The van der Waals surface area contributed by atoms with Gasteiger partial charge in [0.25, 0.3) is 0 Å². The Hall–Kier alpha value is -1.99. The van der Waals surface area contributed by atoms with Gasteiger partial charge in [-0.15, -0.1) is 0 Å². The SMILES string of the molecule is CCCCCCCCCCCCCCCC/C=C/CC/C=C/CC/C=C/C(O)C(COC1OC(CO)C(OC2OC(CO)C(OC3OC(CO)C(O)C(O)C3O)C(O)C2O)C(O)C1O)NC(=O)CCCCCCCCCCCCCCCCCCCCCC. The fourth-order valence-electron chi connectivity index (χ4n) is 12.1. The highest BCUT2D eigenvalue weighted by Gasteiger charge is 2.53. The Bertz CT molecular complexity index is 1760. The largest absolute Gasteiger partial charge is 0.394 e. The molecule has 3 saturated heterocycles. The van der Waals surface area contributed by atoms with E-state index in [1.54, 1.807) is 6.08 Å². The van der Waals surface area contributed by atoms with Crippen LogP contribution in [-0.4, -0.2) is 193 Å². The second kappa shape index (κ2) is 52.3. The van der Waals surface area contributed by atoms with Crippen molar-refractivity contribution in [3.05, 3.63) is 36.5 Å². The van der Waals surface area contributed by atoms with E-state index in [1.165, 1.54) is 193 Å². The molecular formula is C70H129NO18. The van der Waals surface area contributed by atoms with Gasteiger partial charge in [-0.2, -0.15) is 0 Å². The number of carbonyl (C=O) groups excluding carboxylic acids is 1. The first-order chi connectivity index (χ1) is 43.3. The molecule has 3 fully saturated rings. The third-order valence-corrected chi connectivity index (χ3v) is 17.9. The lowest BCUT2D eigenvalue weighted by Gasteiger charge is -2.48. The predicted octanol–water partition coefficient (Wildman–Crippen LogP) is 9.61. The van der Waals surface area contributed by atoms with Gasteiger partial charge in [0.1, 0.15) is 73.2 Å². The van der Waals surface area contributed by atoms with Crippen molar-refractivity contribution in [1.82, 2.24) is 5.32 Å². The van der Waals surface area contributed by atoms with Crippen LogP contribution in [0.15, 0.2) is 36.5 Å². The number of carbonyl (C=O) groups is 1. The lowest BCUT2D eigenvalue weighted by Crippen LogP contribution is -2.66. The van der Waals surface area contributed by atoms with Crippen LogP contribution >= 0.6 is 0 Å². The number of ether oxygens (including phenoxy) is 6. The number of aliphatic hydroxyl groups excluding tert-OH is 11. The number of hydrogen-bond acceptors (Lipinski definition) is 18. The fourth-order valence-corrected chi connectivity index (χ4v) is 12.1. The zero-order valence-electron chi connectivity index (χ0n) is 55.2. The first-order valence-corrected chi connectivity index (χ1v) is 35.7. The topological polar surface area (TPSA) is 307 Å². The van der Waals surface area contributed by atoms with Crippen LogP contribution in [0, 0.1) is 0 Å². The van der Waals surface area contributed by atoms with Crippen LogP contribution in [0.25, 0.3) is 0 Å². The number of nitrogens with one attached hydrogen (secondary N) is 1. The van der Waals surface area contributed by atoms with Crippen LogP contribution < -0.4 is 5.32 Å². The molecule has 522 valence electrons. The lowest BCUT2D eigenvalue weighted by molar-refractivity contribution is -0.379. The first kappa shape index (κ1) is 81.2. The van der Waals surface area contributed by atoms with Crippen molar-refractivity contribution in [2.75, 3.05) is 26.4 Å². The second-order valence-electron chi connectivity index (χ2n) is 25.7. The van der Waals surface area contributed by atoms with Gasteiger partial charge in [0.15, 0.2) is 18.9 Å². The number of hydrogen-bond donors (Lipinski definition) is 12. The van der Waals surface area contributed by atoms with Crippen molar-refractivity contribution in [3.63, 3.8) is 0 Å². The minimum atomic E-state index is -1.98. The zero-order chi connectivity index (χ0) is 64.7. The van der Waals surface area contributed by atoms with Crippen LogP contribution in [0.1, 0.15) is 271 Å². The normalized spacial score (nSPS) is 28.4. The third-order valence-electron chi connectivity index (χ3n) is 17.9. The molecule has 1 amide bonds. The van der Waals surface area contributed by atoms with Crippen LogP contribution in [-0.2, 0) is 33.2 Å². The van der Waals surface area contributed by atoms with Crippen LogP contribution in [0.4, 0.5) is 0 Å². The van der Waals surface area contributed by atoms with Gasteiger partial charge in [-0.3, -0.25) is 4.79 Å². The Kier molecular flexibility index (Phi) is 47.7. The molecule has 0 aromatic heterocycles. The van der Waals surface area contributed by atoms with Crippen LogP contribution in [0.2, 0.25) is 0 Å². The second-order valence-corrected chi connectivity index (χ2v) is 25.7. The molecular weight excluding hydrogens is 1140 g/mol. The molecule has 89 heavy (non-hydrogen) atoms. The average molecular weight is 1270 g/mol. The molecule has 3 heterocycles. The van der Waals surface area contributed by atoms with Gasteiger partial charge in [0.2, 0.25) is 5.91 Å². The molecule has 0 aromatic carbocycles. The van der Waals surface area contributed by atoms with Crippen molar-refractivity contribution < 1.29 is 89.4 Å². The summed E-state index contributed by atoms with van der Waals surface area (Å²) in [6.45, 7) is 1.74. The highest BCUT2D eigenvalue weighted by atomic mass is 16.8. The summed E-state index contributed by atoms with van der Waals surface area (Å²) < 4.78 is 34.3. The summed E-state index contributed by atoms with van der Waals surface area (Å²) >= 11 is 0. The highest BCUT2D eigenvalue weighted by Crippen LogP contribution is 2.33. The average Bonchev–Trinajstić information content (AvgIpc) is 1.92. The van der Waals surface area contributed by atoms with E-state index in [0.29, 0.717) is 12.8 Å². The Labute approximate surface area is 536 Å². The summed E-state index contributed by atoms with van der Waals surface area (Å²) in [5.41, 5.74) is 0. The van der Waals surface area contributed by atoms with Gasteiger partial charge >= 0.3 is 0 Å². The van der Waals surface area contributed by atoms with Gasteiger partial charge in [0.05, 0.1) is 38.6 Å². The van der Waals surface area contributed by atoms with Crippen molar-refractivity contribution in [1.29, 1.82) is 0 Å². The van der Waals surface area contributed by atoms with Crippen molar-refractivity contribution in [3.8, 4) is 0 Å². The quantitative estimate of drug-likeness (QED) is 0.0199. The minimum Gasteiger partial charge on any atom is -0.394 e. The smallest absolute Gasteiger partial charge is 0.220 e. The van der Waals surface area contributed by atoms with E-state index >= 15 is 0 Å². The zero-order valence-corrected chi connectivity index (χ0v) is 55.2. The van der Waals surface area contributed by atoms with Crippen molar-refractivity contribution >= 4 is 5.91 Å². The monoisotopic (exact) mass is 1270 g/mol. The molecule has 12 N–H and O–H groups in total. The molecule has 3 aliphatic rings. The first-order valence-electron chi connectivity index (χ1n) is 35.7. The Balaban J connectivity index is 1.45. The molecule has 0 radical (unpaired) electrons. The third kappa shape index (κ3) is 34.3. The summed E-state index contributed by atoms with van der Waals surface area (Å²) in [6, 6.07) is -0.994. The number of rotatable bonds is 55. The Morgan fingerprint density at radius 3 is 1.12 bits per heavy atom. The van der Waals surface area contributed by atoms with E-state index in [9.17, 15) is 61.0 Å². The molecule has 0 aromatic rings.